The molecule has 4 heteroatoms. The van der Waals surface area contributed by atoms with Gasteiger partial charge in [-0.1, -0.05) is 35.5 Å². The van der Waals surface area contributed by atoms with Gasteiger partial charge in [-0.2, -0.15) is 5.26 Å². The molecule has 0 saturated carbocycles. The lowest BCUT2D eigenvalue weighted by Gasteiger charge is -2.37. The summed E-state index contributed by atoms with van der Waals surface area (Å²) in [6.45, 7) is 4.64. The molecule has 4 nitrogen and oxygen atoms in total. The Bertz CT molecular complexity index is 634. The fourth-order valence-electron chi connectivity index (χ4n) is 3.03. The van der Waals surface area contributed by atoms with Crippen molar-refractivity contribution in [2.75, 3.05) is 13.1 Å². The van der Waals surface area contributed by atoms with Gasteiger partial charge in [0.1, 0.15) is 5.76 Å². The third-order valence-electron chi connectivity index (χ3n) is 4.49. The molecule has 1 fully saturated rings. The lowest BCUT2D eigenvalue weighted by Crippen LogP contribution is -2.41. The van der Waals surface area contributed by atoms with Crippen LogP contribution in [0.1, 0.15) is 29.7 Å². The fraction of sp³-hybridized carbons (Fsp3) is 0.412. The lowest BCUT2D eigenvalue weighted by molar-refractivity contribution is 0.178. The highest BCUT2D eigenvalue weighted by atomic mass is 16.5. The number of nitrogens with zero attached hydrogens (tertiary/aromatic N) is 3. The van der Waals surface area contributed by atoms with E-state index < -0.39 is 0 Å². The van der Waals surface area contributed by atoms with E-state index in [0.29, 0.717) is 0 Å². The first kappa shape index (κ1) is 13.8. The molecule has 2 aromatic rings. The highest BCUT2D eigenvalue weighted by Crippen LogP contribution is 2.35. The molecule has 1 aromatic carbocycles. The van der Waals surface area contributed by atoms with Gasteiger partial charge >= 0.3 is 0 Å². The minimum Gasteiger partial charge on any atom is -0.361 e. The number of piperidine rings is 1. The molecule has 2 heterocycles. The molecule has 1 aliphatic heterocycles. The topological polar surface area (TPSA) is 53.1 Å². The van der Waals surface area contributed by atoms with Crippen molar-refractivity contribution in [2.24, 2.45) is 0 Å². The van der Waals surface area contributed by atoms with E-state index in [1.807, 2.05) is 25.1 Å². The molecule has 1 saturated heterocycles. The van der Waals surface area contributed by atoms with Crippen molar-refractivity contribution in [3.8, 4) is 6.07 Å². The third-order valence-corrected chi connectivity index (χ3v) is 4.49. The van der Waals surface area contributed by atoms with Crippen molar-refractivity contribution in [3.63, 3.8) is 0 Å². The Labute approximate surface area is 125 Å². The van der Waals surface area contributed by atoms with Crippen LogP contribution in [0, 0.1) is 18.3 Å². The molecule has 0 aliphatic carbocycles. The van der Waals surface area contributed by atoms with E-state index in [-0.39, 0.29) is 5.41 Å². The summed E-state index contributed by atoms with van der Waals surface area (Å²) in [6.07, 6.45) is 3.54. The number of aryl methyl sites for hydroxylation is 1. The van der Waals surface area contributed by atoms with Crippen molar-refractivity contribution in [2.45, 2.75) is 31.7 Å². The molecule has 0 spiro atoms. The van der Waals surface area contributed by atoms with Gasteiger partial charge in [0.2, 0.25) is 0 Å². The number of hydrogen-bond donors (Lipinski definition) is 0. The largest absolute Gasteiger partial charge is 0.361 e. The summed E-state index contributed by atoms with van der Waals surface area (Å²) in [6, 6.07) is 12.7. The Balaban J connectivity index is 1.69. The average molecular weight is 281 g/mol. The van der Waals surface area contributed by atoms with Gasteiger partial charge in [-0.15, -0.1) is 0 Å². The second-order valence-electron chi connectivity index (χ2n) is 5.74. The van der Waals surface area contributed by atoms with Crippen molar-refractivity contribution < 1.29 is 4.52 Å². The number of rotatable bonds is 3. The number of nitriles is 1. The van der Waals surface area contributed by atoms with Crippen LogP contribution in [0.2, 0.25) is 0 Å². The summed E-state index contributed by atoms with van der Waals surface area (Å²) in [7, 11) is 0. The molecule has 0 atom stereocenters. The number of hydrogen-bond acceptors (Lipinski definition) is 4. The zero-order valence-corrected chi connectivity index (χ0v) is 12.2. The minimum absolute atomic E-state index is 0.332. The quantitative estimate of drug-likeness (QED) is 0.867. The fourth-order valence-corrected chi connectivity index (χ4v) is 3.03. The van der Waals surface area contributed by atoms with Gasteiger partial charge in [-0.3, -0.25) is 4.90 Å². The predicted octanol–water partition coefficient (Wildman–Crippen LogP) is 3.04. The summed E-state index contributed by atoms with van der Waals surface area (Å²) in [5, 5.41) is 13.5. The number of likely N-dealkylation sites (tertiary alicyclic amines) is 1. The van der Waals surface area contributed by atoms with Crippen molar-refractivity contribution in [1.82, 2.24) is 10.1 Å². The zero-order valence-electron chi connectivity index (χ0n) is 12.2. The smallest absolute Gasteiger partial charge is 0.138 e. The van der Waals surface area contributed by atoms with Crippen molar-refractivity contribution in [3.05, 3.63) is 53.4 Å². The molecule has 0 unspecified atom stereocenters. The van der Waals surface area contributed by atoms with E-state index in [2.05, 4.69) is 28.3 Å². The van der Waals surface area contributed by atoms with Crippen LogP contribution in [0.4, 0.5) is 0 Å². The molecule has 0 radical (unpaired) electrons. The maximum absolute atomic E-state index is 9.69. The minimum atomic E-state index is -0.332. The molecular weight excluding hydrogens is 262 g/mol. The first-order valence-corrected chi connectivity index (χ1v) is 7.33. The summed E-state index contributed by atoms with van der Waals surface area (Å²) in [4.78, 5) is 2.37. The zero-order chi connectivity index (χ0) is 14.7. The van der Waals surface area contributed by atoms with Gasteiger partial charge in [0.25, 0.3) is 0 Å². The van der Waals surface area contributed by atoms with Gasteiger partial charge in [-0.25, -0.2) is 0 Å². The van der Waals surface area contributed by atoms with E-state index >= 15 is 0 Å². The molecule has 0 N–H and O–H groups in total. The molecule has 108 valence electrons. The Morgan fingerprint density at radius 1 is 1.29 bits per heavy atom. The standard InChI is InChI=1S/C17H19N3O/c1-14-15(11-19-21-14)12-20-9-7-17(13-18,8-10-20)16-5-3-2-4-6-16/h2-6,11H,7-10,12H2,1H3. The summed E-state index contributed by atoms with van der Waals surface area (Å²) in [5.74, 6) is 0.884. The van der Waals surface area contributed by atoms with Crippen LogP contribution < -0.4 is 0 Å². The van der Waals surface area contributed by atoms with Gasteiger partial charge in [0.05, 0.1) is 17.7 Å². The maximum Gasteiger partial charge on any atom is 0.138 e. The normalized spacial score (nSPS) is 18.3. The molecule has 1 aliphatic rings. The van der Waals surface area contributed by atoms with Crippen LogP contribution >= 0.6 is 0 Å². The number of aromatic nitrogens is 1. The highest BCUT2D eigenvalue weighted by Gasteiger charge is 2.36. The van der Waals surface area contributed by atoms with Gasteiger partial charge < -0.3 is 4.52 Å². The van der Waals surface area contributed by atoms with Crippen LogP contribution in [-0.2, 0) is 12.0 Å². The van der Waals surface area contributed by atoms with Gasteiger partial charge in [-0.05, 0) is 25.3 Å². The molecule has 0 bridgehead atoms. The molecule has 1 aromatic heterocycles. The second-order valence-corrected chi connectivity index (χ2v) is 5.74. The van der Waals surface area contributed by atoms with Crippen LogP contribution in [0.15, 0.2) is 41.1 Å². The van der Waals surface area contributed by atoms with Crippen LogP contribution in [0.3, 0.4) is 0 Å². The van der Waals surface area contributed by atoms with Gasteiger partial charge in [0.15, 0.2) is 0 Å². The Morgan fingerprint density at radius 3 is 2.57 bits per heavy atom. The van der Waals surface area contributed by atoms with E-state index in [1.165, 1.54) is 0 Å². The Hall–Kier alpha value is -2.12. The van der Waals surface area contributed by atoms with Crippen LogP contribution in [0.5, 0.6) is 0 Å². The first-order chi connectivity index (χ1) is 10.2. The second kappa shape index (κ2) is 5.71. The molecular formula is C17H19N3O. The average Bonchev–Trinajstić information content (AvgIpc) is 2.94. The SMILES string of the molecule is Cc1oncc1CN1CCC(C#N)(c2ccccc2)CC1. The Kier molecular flexibility index (Phi) is 3.76. The van der Waals surface area contributed by atoms with E-state index in [0.717, 1.165) is 49.4 Å². The van der Waals surface area contributed by atoms with E-state index in [9.17, 15) is 5.26 Å². The molecule has 0 amide bonds. The van der Waals surface area contributed by atoms with E-state index in [4.69, 9.17) is 4.52 Å². The predicted molar refractivity (Wildman–Crippen MR) is 79.5 cm³/mol. The monoisotopic (exact) mass is 281 g/mol. The van der Waals surface area contributed by atoms with Crippen LogP contribution in [0.25, 0.3) is 0 Å². The summed E-state index contributed by atoms with van der Waals surface area (Å²) < 4.78 is 5.11. The highest BCUT2D eigenvalue weighted by molar-refractivity contribution is 5.33. The van der Waals surface area contributed by atoms with E-state index in [1.54, 1.807) is 6.20 Å². The maximum atomic E-state index is 9.69. The van der Waals surface area contributed by atoms with Crippen LogP contribution in [-0.4, -0.2) is 23.1 Å². The summed E-state index contributed by atoms with van der Waals surface area (Å²) >= 11 is 0. The third kappa shape index (κ3) is 2.70. The molecule has 3 rings (SSSR count). The lowest BCUT2D eigenvalue weighted by atomic mass is 9.74. The summed E-state index contributed by atoms with van der Waals surface area (Å²) in [5.41, 5.74) is 1.95. The molecule has 21 heavy (non-hydrogen) atoms. The Morgan fingerprint density at radius 2 is 2.00 bits per heavy atom. The first-order valence-electron chi connectivity index (χ1n) is 7.33. The van der Waals surface area contributed by atoms with Crippen molar-refractivity contribution >= 4 is 0 Å². The van der Waals surface area contributed by atoms with Gasteiger partial charge in [0, 0.05) is 25.2 Å². The number of benzene rings is 1. The van der Waals surface area contributed by atoms with Crippen molar-refractivity contribution in [1.29, 1.82) is 5.26 Å².